The standard InChI is InChI=1S/C12H15FN2O/c1-9-8-15-12(13)7-11(9)5-3-4-6-14-10(2)16/h3,5,7-8H,4,6H2,1-2H3,(H,14,16). The van der Waals surface area contributed by atoms with E-state index in [-0.39, 0.29) is 5.91 Å². The van der Waals surface area contributed by atoms with E-state index in [0.29, 0.717) is 6.54 Å². The van der Waals surface area contributed by atoms with Crippen LogP contribution in [0.25, 0.3) is 6.08 Å². The van der Waals surface area contributed by atoms with Gasteiger partial charge in [-0.3, -0.25) is 4.79 Å². The van der Waals surface area contributed by atoms with Crippen LogP contribution in [0.5, 0.6) is 0 Å². The average molecular weight is 222 g/mol. The zero-order chi connectivity index (χ0) is 12.0. The molecule has 0 saturated heterocycles. The summed E-state index contributed by atoms with van der Waals surface area (Å²) in [6, 6.07) is 1.39. The first-order valence-corrected chi connectivity index (χ1v) is 5.12. The molecular formula is C12H15FN2O. The number of rotatable bonds is 4. The molecule has 0 bridgehead atoms. The number of pyridine rings is 1. The molecule has 0 aliphatic rings. The fourth-order valence-electron chi connectivity index (χ4n) is 1.23. The smallest absolute Gasteiger partial charge is 0.216 e. The van der Waals surface area contributed by atoms with Gasteiger partial charge in [0.15, 0.2) is 0 Å². The highest BCUT2D eigenvalue weighted by Crippen LogP contribution is 2.09. The maximum absolute atomic E-state index is 12.8. The highest BCUT2D eigenvalue weighted by Gasteiger charge is 1.97. The molecule has 3 nitrogen and oxygen atoms in total. The van der Waals surface area contributed by atoms with Crippen molar-refractivity contribution in [2.45, 2.75) is 20.3 Å². The van der Waals surface area contributed by atoms with E-state index < -0.39 is 5.95 Å². The number of hydrogen-bond donors (Lipinski definition) is 1. The Morgan fingerprint density at radius 1 is 1.62 bits per heavy atom. The van der Waals surface area contributed by atoms with Gasteiger partial charge in [-0.2, -0.15) is 4.39 Å². The van der Waals surface area contributed by atoms with E-state index in [0.717, 1.165) is 17.5 Å². The van der Waals surface area contributed by atoms with Crippen molar-refractivity contribution in [3.05, 3.63) is 35.4 Å². The van der Waals surface area contributed by atoms with E-state index in [2.05, 4.69) is 10.3 Å². The van der Waals surface area contributed by atoms with Gasteiger partial charge in [-0.25, -0.2) is 4.98 Å². The van der Waals surface area contributed by atoms with Crippen molar-refractivity contribution in [3.63, 3.8) is 0 Å². The maximum Gasteiger partial charge on any atom is 0.216 e. The van der Waals surface area contributed by atoms with Crippen molar-refractivity contribution in [2.24, 2.45) is 0 Å². The van der Waals surface area contributed by atoms with Crippen LogP contribution in [0.3, 0.4) is 0 Å². The van der Waals surface area contributed by atoms with Gasteiger partial charge in [0.2, 0.25) is 11.9 Å². The molecule has 1 aromatic heterocycles. The lowest BCUT2D eigenvalue weighted by molar-refractivity contribution is -0.118. The summed E-state index contributed by atoms with van der Waals surface area (Å²) in [5.74, 6) is -0.522. The summed E-state index contributed by atoms with van der Waals surface area (Å²) < 4.78 is 12.8. The Balaban J connectivity index is 2.49. The topological polar surface area (TPSA) is 42.0 Å². The van der Waals surface area contributed by atoms with Gasteiger partial charge in [0.05, 0.1) is 0 Å². The Morgan fingerprint density at radius 2 is 2.38 bits per heavy atom. The summed E-state index contributed by atoms with van der Waals surface area (Å²) in [6.45, 7) is 3.95. The Hall–Kier alpha value is -1.71. The molecule has 0 atom stereocenters. The second kappa shape index (κ2) is 6.00. The molecule has 0 radical (unpaired) electrons. The largest absolute Gasteiger partial charge is 0.356 e. The fourth-order valence-corrected chi connectivity index (χ4v) is 1.23. The van der Waals surface area contributed by atoms with E-state index in [1.807, 2.05) is 19.1 Å². The molecule has 1 N–H and O–H groups in total. The number of nitrogens with zero attached hydrogens (tertiary/aromatic N) is 1. The number of hydrogen-bond acceptors (Lipinski definition) is 2. The van der Waals surface area contributed by atoms with Gasteiger partial charge < -0.3 is 5.32 Å². The third-order valence-electron chi connectivity index (χ3n) is 2.09. The molecule has 0 spiro atoms. The number of halogens is 1. The lowest BCUT2D eigenvalue weighted by Crippen LogP contribution is -2.20. The molecule has 4 heteroatoms. The Morgan fingerprint density at radius 3 is 3.06 bits per heavy atom. The SMILES string of the molecule is CC(=O)NCCC=Cc1cc(F)ncc1C. The van der Waals surface area contributed by atoms with E-state index in [4.69, 9.17) is 0 Å². The lowest BCUT2D eigenvalue weighted by Gasteiger charge is -2.00. The van der Waals surface area contributed by atoms with Crippen molar-refractivity contribution in [2.75, 3.05) is 6.54 Å². The van der Waals surface area contributed by atoms with E-state index in [1.165, 1.54) is 19.2 Å². The first-order valence-electron chi connectivity index (χ1n) is 5.12. The predicted octanol–water partition coefficient (Wildman–Crippen LogP) is 2.07. The Bertz CT molecular complexity index is 402. The van der Waals surface area contributed by atoms with Gasteiger partial charge in [-0.15, -0.1) is 0 Å². The van der Waals surface area contributed by atoms with Crippen molar-refractivity contribution in [1.29, 1.82) is 0 Å². The first-order chi connectivity index (χ1) is 7.59. The molecule has 0 aliphatic carbocycles. The zero-order valence-corrected chi connectivity index (χ0v) is 9.46. The van der Waals surface area contributed by atoms with E-state index in [1.54, 1.807) is 0 Å². The minimum absolute atomic E-state index is 0.0421. The first kappa shape index (κ1) is 12.4. The van der Waals surface area contributed by atoms with Crippen LogP contribution >= 0.6 is 0 Å². The van der Waals surface area contributed by atoms with Crippen molar-refractivity contribution >= 4 is 12.0 Å². The zero-order valence-electron chi connectivity index (χ0n) is 9.46. The summed E-state index contributed by atoms with van der Waals surface area (Å²) >= 11 is 0. The molecule has 1 rings (SSSR count). The van der Waals surface area contributed by atoms with Crippen LogP contribution in [-0.2, 0) is 4.79 Å². The number of carbonyl (C=O) groups is 1. The molecule has 1 amide bonds. The van der Waals surface area contributed by atoms with Crippen LogP contribution in [0.2, 0.25) is 0 Å². The monoisotopic (exact) mass is 222 g/mol. The summed E-state index contributed by atoms with van der Waals surface area (Å²) in [7, 11) is 0. The van der Waals surface area contributed by atoms with Gasteiger partial charge >= 0.3 is 0 Å². The summed E-state index contributed by atoms with van der Waals surface area (Å²) in [6.07, 6.45) is 5.96. The normalized spacial score (nSPS) is 10.7. The number of carbonyl (C=O) groups excluding carboxylic acids is 1. The Kier molecular flexibility index (Phi) is 4.64. The molecule has 16 heavy (non-hydrogen) atoms. The van der Waals surface area contributed by atoms with Gasteiger partial charge in [0, 0.05) is 25.7 Å². The molecule has 1 heterocycles. The highest BCUT2D eigenvalue weighted by molar-refractivity contribution is 5.72. The van der Waals surface area contributed by atoms with Gasteiger partial charge in [-0.1, -0.05) is 12.2 Å². The minimum atomic E-state index is -0.480. The third kappa shape index (κ3) is 4.21. The molecule has 0 aliphatic heterocycles. The predicted molar refractivity (Wildman–Crippen MR) is 61.3 cm³/mol. The maximum atomic E-state index is 12.8. The molecule has 86 valence electrons. The summed E-state index contributed by atoms with van der Waals surface area (Å²) in [4.78, 5) is 14.1. The van der Waals surface area contributed by atoms with Crippen molar-refractivity contribution < 1.29 is 9.18 Å². The molecule has 0 aromatic carbocycles. The molecule has 0 unspecified atom stereocenters. The second-order valence-corrected chi connectivity index (χ2v) is 3.54. The van der Waals surface area contributed by atoms with Crippen LogP contribution in [0.15, 0.2) is 18.3 Å². The fraction of sp³-hybridized carbons (Fsp3) is 0.333. The van der Waals surface area contributed by atoms with Crippen LogP contribution in [0.4, 0.5) is 4.39 Å². The third-order valence-corrected chi connectivity index (χ3v) is 2.09. The van der Waals surface area contributed by atoms with Crippen LogP contribution in [0.1, 0.15) is 24.5 Å². The van der Waals surface area contributed by atoms with Crippen LogP contribution < -0.4 is 5.32 Å². The molecule has 0 saturated carbocycles. The number of aryl methyl sites for hydroxylation is 1. The van der Waals surface area contributed by atoms with Crippen molar-refractivity contribution in [1.82, 2.24) is 10.3 Å². The van der Waals surface area contributed by atoms with Crippen molar-refractivity contribution in [3.8, 4) is 0 Å². The van der Waals surface area contributed by atoms with E-state index in [9.17, 15) is 9.18 Å². The highest BCUT2D eigenvalue weighted by atomic mass is 19.1. The van der Waals surface area contributed by atoms with E-state index >= 15 is 0 Å². The molecular weight excluding hydrogens is 207 g/mol. The quantitative estimate of drug-likeness (QED) is 0.626. The summed E-state index contributed by atoms with van der Waals surface area (Å²) in [5.41, 5.74) is 1.74. The number of amides is 1. The Labute approximate surface area is 94.4 Å². The van der Waals surface area contributed by atoms with Gasteiger partial charge in [-0.05, 0) is 24.5 Å². The average Bonchev–Trinajstić information content (AvgIpc) is 2.22. The van der Waals surface area contributed by atoms with Gasteiger partial charge in [0.1, 0.15) is 0 Å². The van der Waals surface area contributed by atoms with Crippen LogP contribution in [0, 0.1) is 12.9 Å². The number of aromatic nitrogens is 1. The minimum Gasteiger partial charge on any atom is -0.356 e. The molecule has 0 fully saturated rings. The van der Waals surface area contributed by atoms with Crippen LogP contribution in [-0.4, -0.2) is 17.4 Å². The summed E-state index contributed by atoms with van der Waals surface area (Å²) in [5, 5.41) is 2.68. The second-order valence-electron chi connectivity index (χ2n) is 3.54. The van der Waals surface area contributed by atoms with Gasteiger partial charge in [0.25, 0.3) is 0 Å². The molecule has 1 aromatic rings. The lowest BCUT2D eigenvalue weighted by atomic mass is 10.1. The number of nitrogens with one attached hydrogen (secondary N) is 1.